The molecule has 2 aromatic rings. The van der Waals surface area contributed by atoms with Crippen LogP contribution in [0.1, 0.15) is 47.9 Å². The molecule has 12 heteroatoms. The van der Waals surface area contributed by atoms with Gasteiger partial charge < -0.3 is 10.4 Å². The van der Waals surface area contributed by atoms with E-state index in [2.05, 4.69) is 20.9 Å². The monoisotopic (exact) mass is 521 g/mol. The van der Waals surface area contributed by atoms with Gasteiger partial charge in [-0.2, -0.15) is 13.5 Å². The van der Waals surface area contributed by atoms with Gasteiger partial charge in [-0.1, -0.05) is 6.07 Å². The second-order valence-electron chi connectivity index (χ2n) is 9.82. The number of likely N-dealkylation sites (tertiary alicyclic amines) is 1. The summed E-state index contributed by atoms with van der Waals surface area (Å²) in [4.78, 5) is 1.62. The number of aromatic nitrogens is 2. The van der Waals surface area contributed by atoms with E-state index >= 15 is 0 Å². The lowest BCUT2D eigenvalue weighted by molar-refractivity contribution is -0.213. The number of benzene rings is 1. The van der Waals surface area contributed by atoms with Crippen molar-refractivity contribution in [2.24, 2.45) is 11.4 Å². The molecule has 1 aromatic carbocycles. The molecule has 1 aliphatic heterocycles. The number of rotatable bonds is 7. The molecule has 1 fully saturated rings. The highest BCUT2D eigenvalue weighted by atomic mass is 32.2. The first-order valence-corrected chi connectivity index (χ1v) is 13.8. The standard InChI is InChI=1S/C24H32F2N6O3S/c1-30-14-19(13-27-30)32(18-8-10-31(11-9-18)15-22(25)26)36(34,35)29-24(33)28-23-20-6-2-4-16(20)12-17-5-3-7-21(17)23/h12-14,18,22H,2-11,15H2,1H3,(H2,28,29,33)/p-1. The number of hydrogen-bond acceptors (Lipinski definition) is 5. The number of nitrogens with zero attached hydrogens (tertiary/aromatic N) is 5. The van der Waals surface area contributed by atoms with E-state index in [-0.39, 0.29) is 6.54 Å². The fraction of sp³-hybridized carbons (Fsp3) is 0.583. The van der Waals surface area contributed by atoms with Crippen molar-refractivity contribution in [1.29, 1.82) is 0 Å². The largest absolute Gasteiger partial charge is 0.845 e. The van der Waals surface area contributed by atoms with Gasteiger partial charge in [-0.25, -0.2) is 13.1 Å². The number of nitrogens with one attached hydrogen (secondary N) is 1. The quantitative estimate of drug-likeness (QED) is 0.441. The fourth-order valence-corrected chi connectivity index (χ4v) is 7.12. The average molecular weight is 522 g/mol. The maximum atomic E-state index is 13.5. The smallest absolute Gasteiger partial charge is 0.345 e. The lowest BCUT2D eigenvalue weighted by atomic mass is 9.99. The minimum absolute atomic E-state index is 0.294. The molecule has 0 bridgehead atoms. The van der Waals surface area contributed by atoms with Crippen LogP contribution in [0, 0.1) is 0 Å². The van der Waals surface area contributed by atoms with Crippen molar-refractivity contribution < 1.29 is 22.3 Å². The molecule has 36 heavy (non-hydrogen) atoms. The van der Waals surface area contributed by atoms with Crippen LogP contribution >= 0.6 is 0 Å². The van der Waals surface area contributed by atoms with Crippen molar-refractivity contribution in [2.45, 2.75) is 63.8 Å². The molecule has 5 rings (SSSR count). The number of amidine groups is 1. The summed E-state index contributed by atoms with van der Waals surface area (Å²) in [6.45, 7) is 0.316. The summed E-state index contributed by atoms with van der Waals surface area (Å²) in [5, 5.41) is 19.9. The number of anilines is 2. The zero-order valence-electron chi connectivity index (χ0n) is 20.3. The van der Waals surface area contributed by atoms with E-state index in [0.29, 0.717) is 31.6 Å². The summed E-state index contributed by atoms with van der Waals surface area (Å²) >= 11 is 0. The Labute approximate surface area is 210 Å². The van der Waals surface area contributed by atoms with Gasteiger partial charge in [0.15, 0.2) is 0 Å². The molecule has 1 aromatic heterocycles. The summed E-state index contributed by atoms with van der Waals surface area (Å²) in [7, 11) is -2.76. The van der Waals surface area contributed by atoms with Crippen molar-refractivity contribution in [3.63, 3.8) is 0 Å². The van der Waals surface area contributed by atoms with Crippen LogP contribution in [0.4, 0.5) is 20.2 Å². The van der Waals surface area contributed by atoms with Crippen LogP contribution in [0.15, 0.2) is 22.9 Å². The Hall–Kier alpha value is -2.73. The Morgan fingerprint density at radius 3 is 2.39 bits per heavy atom. The van der Waals surface area contributed by atoms with Crippen molar-refractivity contribution in [1.82, 2.24) is 14.7 Å². The molecule has 1 saturated heterocycles. The molecular weight excluding hydrogens is 490 g/mol. The second-order valence-corrected chi connectivity index (χ2v) is 11.3. The first-order chi connectivity index (χ1) is 17.2. The third kappa shape index (κ3) is 5.06. The molecule has 3 aliphatic rings. The minimum Gasteiger partial charge on any atom is -0.845 e. The first kappa shape index (κ1) is 24.9. The molecule has 0 amide bonds. The third-order valence-electron chi connectivity index (χ3n) is 7.38. The fourth-order valence-electron chi connectivity index (χ4n) is 5.83. The third-order valence-corrected chi connectivity index (χ3v) is 8.79. The normalized spacial score (nSPS) is 19.1. The van der Waals surface area contributed by atoms with E-state index in [4.69, 9.17) is 0 Å². The summed E-state index contributed by atoms with van der Waals surface area (Å²) in [6, 6.07) is 0.793. The number of halogens is 2. The van der Waals surface area contributed by atoms with Crippen LogP contribution in [-0.4, -0.2) is 61.2 Å². The summed E-state index contributed by atoms with van der Waals surface area (Å²) < 4.78 is 58.9. The van der Waals surface area contributed by atoms with Crippen LogP contribution in [0.5, 0.6) is 0 Å². The number of hydrogen-bond donors (Lipinski definition) is 1. The molecule has 0 spiro atoms. The Kier molecular flexibility index (Phi) is 6.90. The molecular formula is C24H31F2N6O3S-. The lowest BCUT2D eigenvalue weighted by Crippen LogP contribution is -2.48. The van der Waals surface area contributed by atoms with Gasteiger partial charge in [0.05, 0.1) is 24.5 Å². The first-order valence-electron chi connectivity index (χ1n) is 12.5. The van der Waals surface area contributed by atoms with E-state index in [0.717, 1.165) is 59.6 Å². The van der Waals surface area contributed by atoms with E-state index in [1.165, 1.54) is 22.0 Å². The zero-order valence-corrected chi connectivity index (χ0v) is 21.1. The highest BCUT2D eigenvalue weighted by Gasteiger charge is 2.34. The van der Waals surface area contributed by atoms with Gasteiger partial charge in [-0.15, -0.1) is 4.40 Å². The number of fused-ring (bicyclic) bond motifs is 2. The molecule has 2 aliphatic carbocycles. The zero-order chi connectivity index (χ0) is 25.4. The van der Waals surface area contributed by atoms with Crippen LogP contribution < -0.4 is 14.7 Å². The van der Waals surface area contributed by atoms with E-state index in [1.54, 1.807) is 18.1 Å². The molecule has 0 atom stereocenters. The number of piperidine rings is 1. The van der Waals surface area contributed by atoms with Crippen LogP contribution in [0.2, 0.25) is 0 Å². The second kappa shape index (κ2) is 9.97. The maximum absolute atomic E-state index is 13.5. The van der Waals surface area contributed by atoms with Gasteiger partial charge in [0.25, 0.3) is 6.43 Å². The molecule has 0 unspecified atom stereocenters. The summed E-state index contributed by atoms with van der Waals surface area (Å²) in [5.41, 5.74) is 5.65. The van der Waals surface area contributed by atoms with Crippen molar-refractivity contribution in [3.05, 3.63) is 40.7 Å². The van der Waals surface area contributed by atoms with E-state index in [1.807, 2.05) is 0 Å². The summed E-state index contributed by atoms with van der Waals surface area (Å²) in [6.07, 6.45) is 6.84. The van der Waals surface area contributed by atoms with Gasteiger partial charge >= 0.3 is 10.2 Å². The number of alkyl halides is 2. The van der Waals surface area contributed by atoms with Gasteiger partial charge in [0.2, 0.25) is 0 Å². The van der Waals surface area contributed by atoms with Crippen LogP contribution in [0.3, 0.4) is 0 Å². The van der Waals surface area contributed by atoms with Crippen molar-refractivity contribution in [2.75, 3.05) is 29.3 Å². The SMILES string of the molecule is Cn1cc(N(C2CCN(CC(F)F)CC2)S(=O)(=O)/N=C(\[O-])Nc2c3c(cc4c2CCC4)CCC3)cn1. The Morgan fingerprint density at radius 2 is 1.83 bits per heavy atom. The summed E-state index contributed by atoms with van der Waals surface area (Å²) in [5.74, 6) is 0. The predicted octanol–water partition coefficient (Wildman–Crippen LogP) is 2.01. The topological polar surface area (TPSA) is 106 Å². The molecule has 2 heterocycles. The Balaban J connectivity index is 1.42. The minimum atomic E-state index is -4.42. The van der Waals surface area contributed by atoms with Crippen molar-refractivity contribution >= 4 is 27.6 Å². The van der Waals surface area contributed by atoms with Crippen molar-refractivity contribution in [3.8, 4) is 0 Å². The van der Waals surface area contributed by atoms with Gasteiger partial charge in [-0.05, 0) is 73.6 Å². The van der Waals surface area contributed by atoms with Gasteiger partial charge in [0.1, 0.15) is 0 Å². The van der Waals surface area contributed by atoms with Crippen LogP contribution in [0.25, 0.3) is 0 Å². The highest BCUT2D eigenvalue weighted by Crippen LogP contribution is 2.38. The molecule has 0 radical (unpaired) electrons. The maximum Gasteiger partial charge on any atom is 0.345 e. The average Bonchev–Trinajstić information content (AvgIpc) is 3.55. The predicted molar refractivity (Wildman–Crippen MR) is 132 cm³/mol. The van der Waals surface area contributed by atoms with E-state index < -0.39 is 28.7 Å². The molecule has 1 N–H and O–H groups in total. The Bertz CT molecular complexity index is 1220. The lowest BCUT2D eigenvalue weighted by Gasteiger charge is -2.37. The molecule has 0 saturated carbocycles. The van der Waals surface area contributed by atoms with Crippen LogP contribution in [-0.2, 0) is 42.9 Å². The van der Waals surface area contributed by atoms with E-state index in [9.17, 15) is 22.3 Å². The highest BCUT2D eigenvalue weighted by molar-refractivity contribution is 7.91. The van der Waals surface area contributed by atoms with Gasteiger partial charge in [-0.3, -0.25) is 9.58 Å². The number of aryl methyl sites for hydroxylation is 3. The molecule has 196 valence electrons. The van der Waals surface area contributed by atoms with Gasteiger partial charge in [0, 0.05) is 38.1 Å². The molecule has 9 nitrogen and oxygen atoms in total. The Morgan fingerprint density at radius 1 is 1.19 bits per heavy atom.